The third-order valence-corrected chi connectivity index (χ3v) is 5.03. The molecule has 0 spiro atoms. The molecule has 1 saturated carbocycles. The van der Waals surface area contributed by atoms with E-state index in [4.69, 9.17) is 5.73 Å². The van der Waals surface area contributed by atoms with Crippen molar-refractivity contribution in [1.82, 2.24) is 4.98 Å². The highest BCUT2D eigenvalue weighted by atomic mass is 14.9. The van der Waals surface area contributed by atoms with E-state index in [1.807, 2.05) is 25.1 Å². The van der Waals surface area contributed by atoms with E-state index in [9.17, 15) is 0 Å². The van der Waals surface area contributed by atoms with Gasteiger partial charge >= 0.3 is 0 Å². The number of nitrogens with zero attached hydrogens (tertiary/aromatic N) is 1. The van der Waals surface area contributed by atoms with Crippen molar-refractivity contribution in [1.29, 1.82) is 0 Å². The summed E-state index contributed by atoms with van der Waals surface area (Å²) in [6.45, 7) is 5.42. The Balaban J connectivity index is 1.91. The van der Waals surface area contributed by atoms with Crippen molar-refractivity contribution in [3.63, 3.8) is 0 Å². The molecule has 112 valence electrons. The van der Waals surface area contributed by atoms with Crippen molar-refractivity contribution in [3.05, 3.63) is 30.0 Å². The summed E-state index contributed by atoms with van der Waals surface area (Å²) >= 11 is 0. The molecule has 1 aliphatic carbocycles. The first-order valence-corrected chi connectivity index (χ1v) is 8.03. The summed E-state index contributed by atoms with van der Waals surface area (Å²) < 4.78 is 0. The van der Waals surface area contributed by atoms with Gasteiger partial charge in [0, 0.05) is 29.0 Å². The number of fused-ring (bicyclic) bond motifs is 1. The van der Waals surface area contributed by atoms with Gasteiger partial charge < -0.3 is 11.1 Å². The lowest BCUT2D eigenvalue weighted by atomic mass is 9.83. The molecule has 3 nitrogen and oxygen atoms in total. The summed E-state index contributed by atoms with van der Waals surface area (Å²) in [7, 11) is 0. The number of aryl methyl sites for hydroxylation is 1. The first-order valence-electron chi connectivity index (χ1n) is 8.03. The standard InChI is InChI=1S/C18H25N3/c1-3-18(8-4-5-9-18)12-20-17-10-13(2)21-16-7-6-14(19)11-15(16)17/h6-7,10-11H,3-5,8-9,12,19H2,1-2H3,(H,20,21). The molecule has 0 aliphatic heterocycles. The zero-order chi connectivity index (χ0) is 14.9. The van der Waals surface area contributed by atoms with Gasteiger partial charge in [-0.05, 0) is 55.9 Å². The molecular weight excluding hydrogens is 258 g/mol. The third kappa shape index (κ3) is 2.82. The first kappa shape index (κ1) is 14.2. The fourth-order valence-corrected chi connectivity index (χ4v) is 3.59. The largest absolute Gasteiger partial charge is 0.399 e. The van der Waals surface area contributed by atoms with E-state index in [-0.39, 0.29) is 0 Å². The van der Waals surface area contributed by atoms with Crippen molar-refractivity contribution in [2.45, 2.75) is 46.0 Å². The van der Waals surface area contributed by atoms with Crippen molar-refractivity contribution in [2.75, 3.05) is 17.6 Å². The van der Waals surface area contributed by atoms with Crippen LogP contribution in [0.5, 0.6) is 0 Å². The fourth-order valence-electron chi connectivity index (χ4n) is 3.59. The monoisotopic (exact) mass is 283 g/mol. The van der Waals surface area contributed by atoms with Gasteiger partial charge in [0.15, 0.2) is 0 Å². The summed E-state index contributed by atoms with van der Waals surface area (Å²) in [4.78, 5) is 4.60. The Morgan fingerprint density at radius 3 is 2.71 bits per heavy atom. The number of nitrogens with one attached hydrogen (secondary N) is 1. The molecule has 1 fully saturated rings. The quantitative estimate of drug-likeness (QED) is 0.812. The van der Waals surface area contributed by atoms with Crippen LogP contribution < -0.4 is 11.1 Å². The van der Waals surface area contributed by atoms with Gasteiger partial charge in [-0.3, -0.25) is 4.98 Å². The molecule has 1 heterocycles. The number of anilines is 2. The predicted octanol–water partition coefficient (Wildman–Crippen LogP) is 4.51. The number of nitrogen functional groups attached to an aromatic ring is 1. The van der Waals surface area contributed by atoms with Gasteiger partial charge in [-0.15, -0.1) is 0 Å². The van der Waals surface area contributed by atoms with Gasteiger partial charge in [0.1, 0.15) is 0 Å². The summed E-state index contributed by atoms with van der Waals surface area (Å²) in [5, 5.41) is 4.82. The topological polar surface area (TPSA) is 50.9 Å². The molecular formula is C18H25N3. The molecule has 3 N–H and O–H groups in total. The van der Waals surface area contributed by atoms with Crippen molar-refractivity contribution >= 4 is 22.3 Å². The Morgan fingerprint density at radius 1 is 1.24 bits per heavy atom. The predicted molar refractivity (Wildman–Crippen MR) is 90.6 cm³/mol. The van der Waals surface area contributed by atoms with E-state index >= 15 is 0 Å². The van der Waals surface area contributed by atoms with Crippen LogP contribution in [0.25, 0.3) is 10.9 Å². The number of benzene rings is 1. The second-order valence-electron chi connectivity index (χ2n) is 6.50. The minimum absolute atomic E-state index is 0.476. The number of hydrogen-bond acceptors (Lipinski definition) is 3. The van der Waals surface area contributed by atoms with Crippen LogP contribution >= 0.6 is 0 Å². The highest BCUT2D eigenvalue weighted by Crippen LogP contribution is 2.41. The smallest absolute Gasteiger partial charge is 0.0727 e. The number of hydrogen-bond donors (Lipinski definition) is 2. The number of nitrogens with two attached hydrogens (primary N) is 1. The highest BCUT2D eigenvalue weighted by Gasteiger charge is 2.31. The molecule has 3 rings (SSSR count). The Labute approximate surface area is 127 Å². The lowest BCUT2D eigenvalue weighted by molar-refractivity contribution is 0.307. The normalized spacial score (nSPS) is 17.2. The summed E-state index contributed by atoms with van der Waals surface area (Å²) in [6.07, 6.45) is 6.70. The molecule has 21 heavy (non-hydrogen) atoms. The second kappa shape index (κ2) is 5.55. The minimum Gasteiger partial charge on any atom is -0.399 e. The Hall–Kier alpha value is -1.77. The molecule has 0 amide bonds. The van der Waals surface area contributed by atoms with Crippen LogP contribution in [-0.4, -0.2) is 11.5 Å². The van der Waals surface area contributed by atoms with Gasteiger partial charge in [-0.25, -0.2) is 0 Å². The molecule has 1 aliphatic rings. The maximum Gasteiger partial charge on any atom is 0.0727 e. The average Bonchev–Trinajstić information content (AvgIpc) is 2.95. The molecule has 3 heteroatoms. The summed E-state index contributed by atoms with van der Waals surface area (Å²) in [5.41, 5.74) is 10.5. The van der Waals surface area contributed by atoms with E-state index in [0.29, 0.717) is 5.41 Å². The van der Waals surface area contributed by atoms with E-state index in [1.54, 1.807) is 0 Å². The van der Waals surface area contributed by atoms with Crippen molar-refractivity contribution in [3.8, 4) is 0 Å². The Morgan fingerprint density at radius 2 is 2.00 bits per heavy atom. The molecule has 0 unspecified atom stereocenters. The maximum absolute atomic E-state index is 5.95. The molecule has 0 bridgehead atoms. The zero-order valence-corrected chi connectivity index (χ0v) is 13.1. The molecule has 0 radical (unpaired) electrons. The average molecular weight is 283 g/mol. The Kier molecular flexibility index (Phi) is 3.75. The maximum atomic E-state index is 5.95. The van der Waals surface area contributed by atoms with E-state index in [1.165, 1.54) is 37.8 Å². The third-order valence-electron chi connectivity index (χ3n) is 5.03. The summed E-state index contributed by atoms with van der Waals surface area (Å²) in [5.74, 6) is 0. The molecule has 2 aromatic rings. The van der Waals surface area contributed by atoms with Crippen LogP contribution in [0.15, 0.2) is 24.3 Å². The van der Waals surface area contributed by atoms with Crippen LogP contribution in [0.2, 0.25) is 0 Å². The van der Waals surface area contributed by atoms with E-state index in [0.717, 1.165) is 28.8 Å². The molecule has 1 aromatic heterocycles. The van der Waals surface area contributed by atoms with Gasteiger partial charge in [0.2, 0.25) is 0 Å². The van der Waals surface area contributed by atoms with Gasteiger partial charge in [0.05, 0.1) is 5.52 Å². The summed E-state index contributed by atoms with van der Waals surface area (Å²) in [6, 6.07) is 8.09. The zero-order valence-electron chi connectivity index (χ0n) is 13.1. The molecule has 1 aromatic carbocycles. The number of aromatic nitrogens is 1. The van der Waals surface area contributed by atoms with Crippen LogP contribution in [0.3, 0.4) is 0 Å². The fraction of sp³-hybridized carbons (Fsp3) is 0.500. The van der Waals surface area contributed by atoms with E-state index < -0.39 is 0 Å². The van der Waals surface area contributed by atoms with Crippen LogP contribution in [0, 0.1) is 12.3 Å². The second-order valence-corrected chi connectivity index (χ2v) is 6.50. The lowest BCUT2D eigenvalue weighted by Crippen LogP contribution is -2.26. The highest BCUT2D eigenvalue weighted by molar-refractivity contribution is 5.93. The molecule has 0 saturated heterocycles. The number of rotatable bonds is 4. The van der Waals surface area contributed by atoms with Crippen LogP contribution in [0.4, 0.5) is 11.4 Å². The Bertz CT molecular complexity index is 642. The SMILES string of the molecule is CCC1(CNc2cc(C)nc3ccc(N)cc23)CCCC1. The van der Waals surface area contributed by atoms with Crippen LogP contribution in [-0.2, 0) is 0 Å². The van der Waals surface area contributed by atoms with Crippen molar-refractivity contribution in [2.24, 2.45) is 5.41 Å². The van der Waals surface area contributed by atoms with Crippen molar-refractivity contribution < 1.29 is 0 Å². The van der Waals surface area contributed by atoms with Crippen LogP contribution in [0.1, 0.15) is 44.7 Å². The minimum atomic E-state index is 0.476. The van der Waals surface area contributed by atoms with Gasteiger partial charge in [-0.1, -0.05) is 19.8 Å². The van der Waals surface area contributed by atoms with E-state index in [2.05, 4.69) is 23.3 Å². The number of pyridine rings is 1. The molecule has 0 atom stereocenters. The van der Waals surface area contributed by atoms with Gasteiger partial charge in [-0.2, -0.15) is 0 Å². The first-order chi connectivity index (χ1) is 10.1. The lowest BCUT2D eigenvalue weighted by Gasteiger charge is -2.28. The van der Waals surface area contributed by atoms with Gasteiger partial charge in [0.25, 0.3) is 0 Å².